The first-order chi connectivity index (χ1) is 16.2. The van der Waals surface area contributed by atoms with Gasteiger partial charge in [0, 0.05) is 17.8 Å². The lowest BCUT2D eigenvalue weighted by atomic mass is 10.1. The fourth-order valence-corrected chi connectivity index (χ4v) is 2.96. The van der Waals surface area contributed by atoms with E-state index in [0.29, 0.717) is 11.3 Å². The third-order valence-corrected chi connectivity index (χ3v) is 4.47. The highest BCUT2D eigenvalue weighted by molar-refractivity contribution is 6.39. The fourth-order valence-electron chi connectivity index (χ4n) is 2.96. The smallest absolute Gasteiger partial charge is 0.343 e. The van der Waals surface area contributed by atoms with E-state index < -0.39 is 22.7 Å². The minimum Gasteiger partial charge on any atom is -0.423 e. The van der Waals surface area contributed by atoms with E-state index in [9.17, 15) is 24.5 Å². The number of nitro groups is 1. The van der Waals surface area contributed by atoms with Crippen molar-refractivity contribution in [3.63, 3.8) is 0 Å². The highest BCUT2D eigenvalue weighted by Gasteiger charge is 2.13. The quantitative estimate of drug-likeness (QED) is 0.144. The molecule has 3 rings (SSSR count). The van der Waals surface area contributed by atoms with Gasteiger partial charge < -0.3 is 10.1 Å². The number of anilines is 1. The summed E-state index contributed by atoms with van der Waals surface area (Å²) in [5.41, 5.74) is 5.18. The molecule has 10 nitrogen and oxygen atoms in total. The topological polar surface area (TPSA) is 140 Å². The van der Waals surface area contributed by atoms with Gasteiger partial charge in [-0.1, -0.05) is 6.07 Å². The molecule has 0 saturated heterocycles. The number of non-ortho nitro benzene ring substituents is 1. The van der Waals surface area contributed by atoms with E-state index in [-0.39, 0.29) is 17.0 Å². The van der Waals surface area contributed by atoms with E-state index in [1.54, 1.807) is 24.3 Å². The molecule has 10 heteroatoms. The van der Waals surface area contributed by atoms with Crippen molar-refractivity contribution >= 4 is 35.4 Å². The average molecular weight is 460 g/mol. The highest BCUT2D eigenvalue weighted by Crippen LogP contribution is 2.16. The first kappa shape index (κ1) is 23.8. The van der Waals surface area contributed by atoms with Gasteiger partial charge in [0.05, 0.1) is 16.7 Å². The van der Waals surface area contributed by atoms with Gasteiger partial charge in [-0.25, -0.2) is 10.2 Å². The predicted molar refractivity (Wildman–Crippen MR) is 125 cm³/mol. The van der Waals surface area contributed by atoms with E-state index in [0.717, 1.165) is 11.1 Å². The van der Waals surface area contributed by atoms with Crippen LogP contribution < -0.4 is 15.5 Å². The van der Waals surface area contributed by atoms with Crippen molar-refractivity contribution in [1.29, 1.82) is 0 Å². The van der Waals surface area contributed by atoms with Gasteiger partial charge in [-0.3, -0.25) is 19.7 Å². The zero-order valence-electron chi connectivity index (χ0n) is 18.3. The van der Waals surface area contributed by atoms with Gasteiger partial charge in [-0.2, -0.15) is 5.10 Å². The summed E-state index contributed by atoms with van der Waals surface area (Å²) < 4.78 is 5.23. The summed E-state index contributed by atoms with van der Waals surface area (Å²) in [5.74, 6) is -2.20. The number of nitro benzene ring substituents is 1. The van der Waals surface area contributed by atoms with Crippen molar-refractivity contribution in [2.75, 3.05) is 5.32 Å². The number of amides is 2. The van der Waals surface area contributed by atoms with Crippen LogP contribution in [0.4, 0.5) is 11.4 Å². The summed E-state index contributed by atoms with van der Waals surface area (Å²) in [5, 5.41) is 16.9. The second-order valence-electron chi connectivity index (χ2n) is 7.29. The van der Waals surface area contributed by atoms with Gasteiger partial charge in [0.25, 0.3) is 5.69 Å². The Morgan fingerprint density at radius 3 is 2.12 bits per heavy atom. The first-order valence-electron chi connectivity index (χ1n) is 10.0. The first-order valence-corrected chi connectivity index (χ1v) is 10.0. The molecule has 0 heterocycles. The number of hydrazone groups is 1. The molecule has 0 spiro atoms. The minimum absolute atomic E-state index is 0.130. The molecule has 172 valence electrons. The molecule has 3 aromatic carbocycles. The number of nitrogens with one attached hydrogen (secondary N) is 2. The Kier molecular flexibility index (Phi) is 7.45. The molecule has 0 fully saturated rings. The van der Waals surface area contributed by atoms with Gasteiger partial charge in [0.1, 0.15) is 5.75 Å². The third kappa shape index (κ3) is 6.57. The Bertz CT molecular complexity index is 1250. The van der Waals surface area contributed by atoms with Crippen molar-refractivity contribution in [3.8, 4) is 5.75 Å². The van der Waals surface area contributed by atoms with Crippen molar-refractivity contribution in [2.45, 2.75) is 13.8 Å². The van der Waals surface area contributed by atoms with E-state index >= 15 is 0 Å². The second-order valence-corrected chi connectivity index (χ2v) is 7.29. The Labute approximate surface area is 194 Å². The van der Waals surface area contributed by atoms with E-state index in [1.165, 1.54) is 42.6 Å². The van der Waals surface area contributed by atoms with E-state index in [4.69, 9.17) is 4.74 Å². The Morgan fingerprint density at radius 1 is 0.912 bits per heavy atom. The summed E-state index contributed by atoms with van der Waals surface area (Å²) in [4.78, 5) is 46.2. The van der Waals surface area contributed by atoms with E-state index in [2.05, 4.69) is 15.8 Å². The molecule has 34 heavy (non-hydrogen) atoms. The van der Waals surface area contributed by atoms with Crippen LogP contribution in [-0.2, 0) is 9.59 Å². The van der Waals surface area contributed by atoms with Gasteiger partial charge in [-0.15, -0.1) is 0 Å². The molecule has 0 saturated carbocycles. The molecule has 2 amide bonds. The molecular formula is C24H20N4O6. The van der Waals surface area contributed by atoms with Crippen LogP contribution in [-0.4, -0.2) is 28.9 Å². The molecular weight excluding hydrogens is 440 g/mol. The van der Waals surface area contributed by atoms with Gasteiger partial charge in [0.2, 0.25) is 0 Å². The minimum atomic E-state index is -0.927. The molecule has 0 aliphatic heterocycles. The lowest BCUT2D eigenvalue weighted by molar-refractivity contribution is -0.384. The van der Waals surface area contributed by atoms with Crippen molar-refractivity contribution in [1.82, 2.24) is 5.43 Å². The average Bonchev–Trinajstić information content (AvgIpc) is 2.79. The number of carbonyl (C=O) groups excluding carboxylic acids is 3. The number of nitrogens with zero attached hydrogens (tertiary/aromatic N) is 2. The molecule has 0 aliphatic carbocycles. The van der Waals surface area contributed by atoms with Crippen LogP contribution in [0, 0.1) is 24.0 Å². The number of rotatable bonds is 6. The monoisotopic (exact) mass is 460 g/mol. The molecule has 2 N–H and O–H groups in total. The summed E-state index contributed by atoms with van der Waals surface area (Å²) in [7, 11) is 0. The number of benzene rings is 3. The van der Waals surface area contributed by atoms with Crippen LogP contribution in [0.15, 0.2) is 71.8 Å². The Balaban J connectivity index is 1.52. The van der Waals surface area contributed by atoms with Crippen LogP contribution in [0.1, 0.15) is 27.0 Å². The number of esters is 1. The van der Waals surface area contributed by atoms with Crippen LogP contribution >= 0.6 is 0 Å². The molecule has 0 radical (unpaired) electrons. The van der Waals surface area contributed by atoms with Gasteiger partial charge in [0.15, 0.2) is 0 Å². The Morgan fingerprint density at radius 2 is 1.53 bits per heavy atom. The van der Waals surface area contributed by atoms with Crippen LogP contribution in [0.2, 0.25) is 0 Å². The van der Waals surface area contributed by atoms with Crippen LogP contribution in [0.3, 0.4) is 0 Å². The lowest BCUT2D eigenvalue weighted by Crippen LogP contribution is -2.32. The molecule has 0 aromatic heterocycles. The zero-order valence-corrected chi connectivity index (χ0v) is 18.3. The molecule has 0 atom stereocenters. The fraction of sp³-hybridized carbons (Fsp3) is 0.0833. The predicted octanol–water partition coefficient (Wildman–Crippen LogP) is 3.52. The molecule has 0 aliphatic rings. The van der Waals surface area contributed by atoms with Gasteiger partial charge in [-0.05, 0) is 79.1 Å². The third-order valence-electron chi connectivity index (χ3n) is 4.47. The molecule has 0 unspecified atom stereocenters. The largest absolute Gasteiger partial charge is 0.423 e. The number of hydrogen-bond acceptors (Lipinski definition) is 7. The number of aryl methyl sites for hydroxylation is 2. The maximum absolute atomic E-state index is 12.2. The maximum Gasteiger partial charge on any atom is 0.343 e. The Hall–Kier alpha value is -4.86. The maximum atomic E-state index is 12.2. The summed E-state index contributed by atoms with van der Waals surface area (Å²) in [6.07, 6.45) is 1.32. The van der Waals surface area contributed by atoms with Gasteiger partial charge >= 0.3 is 17.8 Å². The summed E-state index contributed by atoms with van der Waals surface area (Å²) in [6.45, 7) is 3.77. The van der Waals surface area contributed by atoms with Crippen molar-refractivity contribution < 1.29 is 24.0 Å². The standard InChI is InChI=1S/C24H20N4O6/c1-15-11-16(2)13-19(12-15)26-22(29)23(30)27-25-14-17-3-9-21(10-4-17)34-24(31)18-5-7-20(8-6-18)28(32)33/h3-14H,1-2H3,(H,26,29)(H,27,30)/b25-14+. The SMILES string of the molecule is Cc1cc(C)cc(NC(=O)C(=O)N/N=C/c2ccc(OC(=O)c3ccc([N+](=O)[O-])cc3)cc2)c1. The van der Waals surface area contributed by atoms with Crippen molar-refractivity contribution in [2.24, 2.45) is 5.10 Å². The lowest BCUT2D eigenvalue weighted by Gasteiger charge is -2.06. The van der Waals surface area contributed by atoms with E-state index in [1.807, 2.05) is 19.9 Å². The summed E-state index contributed by atoms with van der Waals surface area (Å²) >= 11 is 0. The number of hydrogen-bond donors (Lipinski definition) is 2. The highest BCUT2D eigenvalue weighted by atomic mass is 16.6. The number of ether oxygens (including phenoxy) is 1. The normalized spacial score (nSPS) is 10.5. The molecule has 3 aromatic rings. The second kappa shape index (κ2) is 10.6. The molecule has 0 bridgehead atoms. The number of carbonyl (C=O) groups is 3. The summed E-state index contributed by atoms with van der Waals surface area (Å²) in [6, 6.07) is 16.7. The van der Waals surface area contributed by atoms with Crippen molar-refractivity contribution in [3.05, 3.63) is 99.1 Å². The zero-order chi connectivity index (χ0) is 24.7. The van der Waals surface area contributed by atoms with Crippen LogP contribution in [0.5, 0.6) is 5.75 Å². The van der Waals surface area contributed by atoms with Crippen LogP contribution in [0.25, 0.3) is 0 Å².